The molecule has 0 radical (unpaired) electrons. The van der Waals surface area contributed by atoms with Crippen molar-refractivity contribution in [2.45, 2.75) is 13.0 Å². The molecule has 5 aromatic rings. The highest BCUT2D eigenvalue weighted by atomic mass is 35.5. The van der Waals surface area contributed by atoms with Gasteiger partial charge < -0.3 is 5.32 Å². The number of aromatic nitrogens is 6. The lowest BCUT2D eigenvalue weighted by molar-refractivity contribution is 0.0944. The van der Waals surface area contributed by atoms with Crippen molar-refractivity contribution in [2.24, 2.45) is 0 Å². The fourth-order valence-corrected chi connectivity index (χ4v) is 4.40. The van der Waals surface area contributed by atoms with Crippen molar-refractivity contribution < 1.29 is 9.18 Å². The van der Waals surface area contributed by atoms with Crippen LogP contribution >= 0.6 is 23.2 Å². The summed E-state index contributed by atoms with van der Waals surface area (Å²) in [5.41, 5.74) is 3.53. The van der Waals surface area contributed by atoms with E-state index >= 15 is 0 Å². The number of nitriles is 1. The van der Waals surface area contributed by atoms with Crippen LogP contribution in [0.15, 0.2) is 66.7 Å². The molecule has 2 aromatic heterocycles. The van der Waals surface area contributed by atoms with Crippen molar-refractivity contribution in [3.63, 3.8) is 0 Å². The maximum atomic E-state index is 13.5. The Kier molecular flexibility index (Phi) is 7.13. The molecule has 0 spiro atoms. The van der Waals surface area contributed by atoms with Gasteiger partial charge in [0.15, 0.2) is 11.5 Å². The van der Waals surface area contributed by atoms with Gasteiger partial charge in [-0.2, -0.15) is 15.6 Å². The summed E-state index contributed by atoms with van der Waals surface area (Å²) < 4.78 is 14.9. The third-order valence-electron chi connectivity index (χ3n) is 5.71. The second kappa shape index (κ2) is 10.8. The van der Waals surface area contributed by atoms with Gasteiger partial charge in [-0.25, -0.2) is 9.07 Å². The van der Waals surface area contributed by atoms with Gasteiger partial charge in [-0.05, 0) is 48.0 Å². The molecule has 5 rings (SSSR count). The monoisotopic (exact) mass is 546 g/mol. The number of H-pyrrole nitrogens is 1. The summed E-state index contributed by atoms with van der Waals surface area (Å²) in [7, 11) is 0. The Labute approximate surface area is 225 Å². The number of hydrogen-bond donors (Lipinski definition) is 2. The Morgan fingerprint density at radius 2 is 1.84 bits per heavy atom. The molecule has 0 aliphatic rings. The van der Waals surface area contributed by atoms with Gasteiger partial charge in [0.2, 0.25) is 0 Å². The minimum absolute atomic E-state index is 0.113. The number of amides is 1. The first-order valence-corrected chi connectivity index (χ1v) is 12.0. The molecule has 0 atom stereocenters. The Morgan fingerprint density at radius 1 is 1.08 bits per heavy atom. The molecular weight excluding hydrogens is 530 g/mol. The highest BCUT2D eigenvalue weighted by molar-refractivity contribution is 6.35. The van der Waals surface area contributed by atoms with Gasteiger partial charge >= 0.3 is 0 Å². The second-order valence-electron chi connectivity index (χ2n) is 8.19. The van der Waals surface area contributed by atoms with Crippen LogP contribution in [0.1, 0.15) is 33.0 Å². The highest BCUT2D eigenvalue weighted by Crippen LogP contribution is 2.34. The van der Waals surface area contributed by atoms with E-state index in [1.165, 1.54) is 12.1 Å². The molecule has 0 fully saturated rings. The zero-order chi connectivity index (χ0) is 26.6. The number of hydrogen-bond acceptors (Lipinski definition) is 6. The number of carbonyl (C=O) groups excluding carboxylic acids is 1. The first kappa shape index (κ1) is 25.1. The molecule has 0 saturated carbocycles. The smallest absolute Gasteiger partial charge is 0.272 e. The molecule has 3 aromatic carbocycles. The van der Waals surface area contributed by atoms with Crippen molar-refractivity contribution in [2.75, 3.05) is 0 Å². The number of halogens is 3. The van der Waals surface area contributed by atoms with Crippen LogP contribution < -0.4 is 5.32 Å². The van der Waals surface area contributed by atoms with Gasteiger partial charge in [0.1, 0.15) is 5.82 Å². The van der Waals surface area contributed by atoms with Crippen LogP contribution in [0.2, 0.25) is 10.0 Å². The number of carbonyl (C=O) groups is 1. The third-order valence-corrected chi connectivity index (χ3v) is 6.25. The normalized spacial score (nSPS) is 10.8. The van der Waals surface area contributed by atoms with E-state index in [4.69, 9.17) is 23.2 Å². The first-order valence-electron chi connectivity index (χ1n) is 11.3. The van der Waals surface area contributed by atoms with E-state index < -0.39 is 5.91 Å². The number of nitrogens with one attached hydrogen (secondary N) is 2. The number of benzene rings is 3. The summed E-state index contributed by atoms with van der Waals surface area (Å²) in [5, 5.41) is 31.7. The zero-order valence-corrected chi connectivity index (χ0v) is 21.0. The van der Waals surface area contributed by atoms with E-state index in [-0.39, 0.29) is 24.5 Å². The van der Waals surface area contributed by atoms with Crippen molar-refractivity contribution in [3.8, 4) is 23.0 Å². The molecular formula is C26H17Cl2FN8O. The SMILES string of the molecule is N#Cc1ccc(-c2c(Cc3nn[nH]n3)c(C(=O)NCc3ccc(F)cc3)nn2-c2ccc(Cl)cc2Cl)cc1. The van der Waals surface area contributed by atoms with E-state index in [1.807, 2.05) is 0 Å². The van der Waals surface area contributed by atoms with Gasteiger partial charge in [0.25, 0.3) is 5.91 Å². The van der Waals surface area contributed by atoms with Crippen molar-refractivity contribution in [1.29, 1.82) is 5.26 Å². The maximum absolute atomic E-state index is 13.5. The summed E-state index contributed by atoms with van der Waals surface area (Å²) in [6.07, 6.45) is 0.121. The predicted octanol–water partition coefficient (Wildman–Crippen LogP) is 4.89. The van der Waals surface area contributed by atoms with Gasteiger partial charge in [-0.1, -0.05) is 52.7 Å². The Balaban J connectivity index is 1.66. The van der Waals surface area contributed by atoms with Crippen LogP contribution in [0.5, 0.6) is 0 Å². The number of rotatable bonds is 7. The molecule has 1 amide bonds. The summed E-state index contributed by atoms with van der Waals surface area (Å²) in [6, 6.07) is 19.7. The fourth-order valence-electron chi connectivity index (χ4n) is 3.91. The van der Waals surface area contributed by atoms with Gasteiger partial charge in [0.05, 0.1) is 28.0 Å². The summed E-state index contributed by atoms with van der Waals surface area (Å²) >= 11 is 12.7. The third kappa shape index (κ3) is 5.25. The molecule has 2 heterocycles. The molecule has 0 aliphatic heterocycles. The van der Waals surface area contributed by atoms with E-state index in [0.717, 1.165) is 0 Å². The fraction of sp³-hybridized carbons (Fsp3) is 0.0769. The van der Waals surface area contributed by atoms with Crippen molar-refractivity contribution in [1.82, 2.24) is 35.7 Å². The second-order valence-corrected chi connectivity index (χ2v) is 9.03. The summed E-state index contributed by atoms with van der Waals surface area (Å²) in [4.78, 5) is 13.5. The van der Waals surface area contributed by atoms with E-state index in [1.54, 1.807) is 59.3 Å². The Morgan fingerprint density at radius 3 is 2.50 bits per heavy atom. The Bertz CT molecular complexity index is 1640. The van der Waals surface area contributed by atoms with Crippen LogP contribution in [-0.2, 0) is 13.0 Å². The van der Waals surface area contributed by atoms with Gasteiger partial charge in [-0.15, -0.1) is 10.2 Å². The molecule has 0 aliphatic carbocycles. The van der Waals surface area contributed by atoms with Crippen LogP contribution in [0.3, 0.4) is 0 Å². The topological polar surface area (TPSA) is 125 Å². The standard InChI is InChI=1S/C26H17Cl2FN8O/c27-18-7-10-22(21(28)11-18)37-25(17-5-1-15(13-30)2-6-17)20(12-23-32-35-36-33-23)24(34-37)26(38)31-14-16-3-8-19(29)9-4-16/h1-11H,12,14H2,(H,31,38)(H,32,33,35,36). The average molecular weight is 547 g/mol. The van der Waals surface area contributed by atoms with Crippen LogP contribution in [0.25, 0.3) is 16.9 Å². The predicted molar refractivity (Wildman–Crippen MR) is 138 cm³/mol. The molecule has 0 saturated heterocycles. The lowest BCUT2D eigenvalue weighted by Crippen LogP contribution is -2.24. The average Bonchev–Trinajstić information content (AvgIpc) is 3.57. The number of aromatic amines is 1. The molecule has 9 nitrogen and oxygen atoms in total. The quantitative estimate of drug-likeness (QED) is 0.299. The molecule has 2 N–H and O–H groups in total. The van der Waals surface area contributed by atoms with Crippen molar-refractivity contribution in [3.05, 3.63) is 111 Å². The molecule has 188 valence electrons. The lowest BCUT2D eigenvalue weighted by Gasteiger charge is -2.11. The summed E-state index contributed by atoms with van der Waals surface area (Å²) in [5.74, 6) is -0.492. The highest BCUT2D eigenvalue weighted by Gasteiger charge is 2.27. The first-order chi connectivity index (χ1) is 18.4. The lowest BCUT2D eigenvalue weighted by atomic mass is 10.0. The number of tetrazole rings is 1. The van der Waals surface area contributed by atoms with Crippen LogP contribution in [0, 0.1) is 17.1 Å². The van der Waals surface area contributed by atoms with Crippen molar-refractivity contribution >= 4 is 29.1 Å². The zero-order valence-electron chi connectivity index (χ0n) is 19.5. The molecule has 0 unspecified atom stereocenters. The largest absolute Gasteiger partial charge is 0.347 e. The number of nitrogens with zero attached hydrogens (tertiary/aromatic N) is 6. The molecule has 12 heteroatoms. The minimum atomic E-state index is -0.466. The minimum Gasteiger partial charge on any atom is -0.347 e. The van der Waals surface area contributed by atoms with Gasteiger partial charge in [-0.3, -0.25) is 4.79 Å². The van der Waals surface area contributed by atoms with Crippen LogP contribution in [-0.4, -0.2) is 36.3 Å². The van der Waals surface area contributed by atoms with E-state index in [0.29, 0.717) is 49.5 Å². The summed E-state index contributed by atoms with van der Waals surface area (Å²) in [6.45, 7) is 0.154. The maximum Gasteiger partial charge on any atom is 0.272 e. The molecule has 38 heavy (non-hydrogen) atoms. The van der Waals surface area contributed by atoms with Crippen LogP contribution in [0.4, 0.5) is 4.39 Å². The van der Waals surface area contributed by atoms with E-state index in [9.17, 15) is 14.4 Å². The van der Waals surface area contributed by atoms with Gasteiger partial charge in [0, 0.05) is 29.1 Å². The Hall–Kier alpha value is -4.59. The molecule has 0 bridgehead atoms. The van der Waals surface area contributed by atoms with E-state index in [2.05, 4.69) is 37.1 Å².